The van der Waals surface area contributed by atoms with Crippen molar-refractivity contribution in [1.29, 1.82) is 0 Å². The molecule has 0 aromatic heterocycles. The van der Waals surface area contributed by atoms with Crippen molar-refractivity contribution in [3.05, 3.63) is 0 Å². The molecule has 0 radical (unpaired) electrons. The Morgan fingerprint density at radius 3 is 1.11 bits per heavy atom. The predicted molar refractivity (Wildman–Crippen MR) is 56.8 cm³/mol. The van der Waals surface area contributed by atoms with Crippen LogP contribution in [-0.4, -0.2) is 44.3 Å². The molecule has 18 heavy (non-hydrogen) atoms. The van der Waals surface area contributed by atoms with Crippen molar-refractivity contribution in [2.75, 3.05) is 0 Å². The Kier molecular flexibility index (Phi) is 10.8. The molecule has 0 atom stereocenters. The number of aliphatic carboxylic acids is 4. The fourth-order valence-corrected chi connectivity index (χ4v) is 0.659. The molecule has 0 heterocycles. The van der Waals surface area contributed by atoms with Gasteiger partial charge in [-0.3, -0.25) is 9.59 Å². The number of hydrogen-bond donors (Lipinski definition) is 4. The van der Waals surface area contributed by atoms with Gasteiger partial charge in [-0.25, -0.2) is 9.59 Å². The van der Waals surface area contributed by atoms with Crippen LogP contribution in [0.25, 0.3) is 0 Å². The van der Waals surface area contributed by atoms with Gasteiger partial charge in [-0.15, -0.1) is 0 Å². The summed E-state index contributed by atoms with van der Waals surface area (Å²) >= 11 is 0. The van der Waals surface area contributed by atoms with Gasteiger partial charge in [-0.05, 0) is 12.8 Å². The Morgan fingerprint density at radius 1 is 0.667 bits per heavy atom. The first kappa shape index (κ1) is 17.8. The SMILES string of the molecule is O=C(O)C#CC(=O)O.O=C(O)CCCCC(=O)O. The molecule has 0 spiro atoms. The lowest BCUT2D eigenvalue weighted by Gasteiger charge is -1.92. The standard InChI is InChI=1S/C6H10O4.C4H2O4/c7-5(8)3-1-2-4-6(9)10;5-3(6)1-2-4(7)8/h1-4H2,(H,7,8)(H,9,10);(H,5,6)(H,7,8). The molecule has 0 saturated heterocycles. The Bertz CT molecular complexity index is 339. The molecule has 0 aromatic rings. The molecule has 0 aromatic carbocycles. The highest BCUT2D eigenvalue weighted by atomic mass is 16.4. The molecule has 0 aliphatic carbocycles. The largest absolute Gasteiger partial charge is 0.481 e. The van der Waals surface area contributed by atoms with E-state index in [-0.39, 0.29) is 12.8 Å². The predicted octanol–water partition coefficient (Wildman–Crippen LogP) is -0.125. The van der Waals surface area contributed by atoms with E-state index >= 15 is 0 Å². The van der Waals surface area contributed by atoms with E-state index in [1.54, 1.807) is 0 Å². The van der Waals surface area contributed by atoms with Crippen LogP contribution in [0.4, 0.5) is 0 Å². The van der Waals surface area contributed by atoms with E-state index in [1.165, 1.54) is 11.8 Å². The zero-order valence-corrected chi connectivity index (χ0v) is 9.25. The second-order valence-corrected chi connectivity index (χ2v) is 2.85. The summed E-state index contributed by atoms with van der Waals surface area (Å²) in [6.07, 6.45) is 1.02. The number of carbonyl (C=O) groups is 4. The van der Waals surface area contributed by atoms with E-state index in [0.29, 0.717) is 12.8 Å². The van der Waals surface area contributed by atoms with E-state index in [9.17, 15) is 19.2 Å². The van der Waals surface area contributed by atoms with Gasteiger partial charge in [-0.2, -0.15) is 0 Å². The van der Waals surface area contributed by atoms with Gasteiger partial charge in [0.05, 0.1) is 0 Å². The summed E-state index contributed by atoms with van der Waals surface area (Å²) in [6, 6.07) is 0. The summed E-state index contributed by atoms with van der Waals surface area (Å²) < 4.78 is 0. The van der Waals surface area contributed by atoms with Crippen molar-refractivity contribution < 1.29 is 39.6 Å². The second-order valence-electron chi connectivity index (χ2n) is 2.85. The van der Waals surface area contributed by atoms with Crippen LogP contribution in [-0.2, 0) is 19.2 Å². The van der Waals surface area contributed by atoms with Gasteiger partial charge in [-0.1, -0.05) is 0 Å². The maximum absolute atomic E-state index is 9.90. The minimum absolute atomic E-state index is 0.0628. The monoisotopic (exact) mass is 260 g/mol. The lowest BCUT2D eigenvalue weighted by Crippen LogP contribution is -1.97. The molecule has 8 heteroatoms. The maximum Gasteiger partial charge on any atom is 0.382 e. The topological polar surface area (TPSA) is 149 Å². The van der Waals surface area contributed by atoms with Crippen molar-refractivity contribution in [1.82, 2.24) is 0 Å². The highest BCUT2D eigenvalue weighted by Crippen LogP contribution is 1.98. The highest BCUT2D eigenvalue weighted by Gasteiger charge is 1.99. The molecule has 4 N–H and O–H groups in total. The lowest BCUT2D eigenvalue weighted by atomic mass is 10.2. The number of carboxylic acid groups (broad SMARTS) is 4. The molecule has 0 fully saturated rings. The first-order valence-corrected chi connectivity index (χ1v) is 4.67. The van der Waals surface area contributed by atoms with E-state index < -0.39 is 23.9 Å². The van der Waals surface area contributed by atoms with E-state index in [1.807, 2.05) is 0 Å². The van der Waals surface area contributed by atoms with Crippen LogP contribution in [0.1, 0.15) is 25.7 Å². The molecule has 0 amide bonds. The van der Waals surface area contributed by atoms with Crippen LogP contribution in [0.2, 0.25) is 0 Å². The van der Waals surface area contributed by atoms with Gasteiger partial charge in [0.2, 0.25) is 0 Å². The summed E-state index contributed by atoms with van der Waals surface area (Å²) in [5.41, 5.74) is 0. The summed E-state index contributed by atoms with van der Waals surface area (Å²) in [7, 11) is 0. The molecular weight excluding hydrogens is 248 g/mol. The normalized spacial score (nSPS) is 8.00. The van der Waals surface area contributed by atoms with Crippen molar-refractivity contribution in [3.8, 4) is 11.8 Å². The van der Waals surface area contributed by atoms with Gasteiger partial charge >= 0.3 is 23.9 Å². The first-order valence-electron chi connectivity index (χ1n) is 4.67. The van der Waals surface area contributed by atoms with E-state index in [2.05, 4.69) is 0 Å². The Labute approximate surface area is 102 Å². The zero-order chi connectivity index (χ0) is 14.6. The molecule has 0 saturated carbocycles. The third-order valence-electron chi connectivity index (χ3n) is 1.31. The van der Waals surface area contributed by atoms with E-state index in [4.69, 9.17) is 20.4 Å². The highest BCUT2D eigenvalue weighted by molar-refractivity contribution is 5.96. The Hall–Kier alpha value is -2.56. The number of rotatable bonds is 5. The molecule has 8 nitrogen and oxygen atoms in total. The van der Waals surface area contributed by atoms with Crippen molar-refractivity contribution in [2.24, 2.45) is 0 Å². The quantitative estimate of drug-likeness (QED) is 0.394. The first-order chi connectivity index (χ1) is 8.25. The third-order valence-corrected chi connectivity index (χ3v) is 1.31. The van der Waals surface area contributed by atoms with Gasteiger partial charge in [0, 0.05) is 24.7 Å². The zero-order valence-electron chi connectivity index (χ0n) is 9.25. The minimum atomic E-state index is -1.44. The molecule has 0 aliphatic rings. The molecule has 0 bridgehead atoms. The third kappa shape index (κ3) is 23.3. The van der Waals surface area contributed by atoms with Gasteiger partial charge in [0.25, 0.3) is 0 Å². The van der Waals surface area contributed by atoms with Gasteiger partial charge in [0.15, 0.2) is 0 Å². The smallest absolute Gasteiger partial charge is 0.382 e. The molecule has 0 unspecified atom stereocenters. The molecule has 0 aliphatic heterocycles. The van der Waals surface area contributed by atoms with E-state index in [0.717, 1.165) is 0 Å². The van der Waals surface area contributed by atoms with Gasteiger partial charge in [0.1, 0.15) is 0 Å². The number of hydrogen-bond acceptors (Lipinski definition) is 4. The number of carboxylic acids is 4. The van der Waals surface area contributed by atoms with Gasteiger partial charge < -0.3 is 20.4 Å². The van der Waals surface area contributed by atoms with Crippen LogP contribution >= 0.6 is 0 Å². The summed E-state index contributed by atoms with van der Waals surface area (Å²) in [6.45, 7) is 0. The molecule has 0 rings (SSSR count). The molecule has 100 valence electrons. The van der Waals surface area contributed by atoms with Crippen LogP contribution in [0.3, 0.4) is 0 Å². The summed E-state index contributed by atoms with van der Waals surface area (Å²) in [4.78, 5) is 38.7. The average molecular weight is 260 g/mol. The number of unbranched alkanes of at least 4 members (excludes halogenated alkanes) is 1. The van der Waals surface area contributed by atoms with Crippen LogP contribution in [0.5, 0.6) is 0 Å². The van der Waals surface area contributed by atoms with Crippen LogP contribution < -0.4 is 0 Å². The van der Waals surface area contributed by atoms with Crippen molar-refractivity contribution >= 4 is 23.9 Å². The second kappa shape index (κ2) is 10.9. The Balaban J connectivity index is 0. The minimum Gasteiger partial charge on any atom is -0.481 e. The van der Waals surface area contributed by atoms with Crippen molar-refractivity contribution in [3.63, 3.8) is 0 Å². The fourth-order valence-electron chi connectivity index (χ4n) is 0.659. The average Bonchev–Trinajstić information content (AvgIpc) is 2.22. The van der Waals surface area contributed by atoms with Crippen LogP contribution in [0, 0.1) is 11.8 Å². The molecular formula is C10H12O8. The summed E-state index contributed by atoms with van der Waals surface area (Å²) in [5.74, 6) is -1.79. The fraction of sp³-hybridized carbons (Fsp3) is 0.400. The van der Waals surface area contributed by atoms with Crippen LogP contribution in [0.15, 0.2) is 0 Å². The van der Waals surface area contributed by atoms with Crippen molar-refractivity contribution in [2.45, 2.75) is 25.7 Å². The summed E-state index contributed by atoms with van der Waals surface area (Å²) in [5, 5.41) is 31.7. The lowest BCUT2D eigenvalue weighted by molar-refractivity contribution is -0.139. The Morgan fingerprint density at radius 2 is 0.944 bits per heavy atom. The maximum atomic E-state index is 9.90.